The van der Waals surface area contributed by atoms with Crippen LogP contribution in [0.3, 0.4) is 0 Å². The van der Waals surface area contributed by atoms with Crippen LogP contribution < -0.4 is 11.2 Å². The third-order valence-corrected chi connectivity index (χ3v) is 2.70. The molecule has 0 atom stereocenters. The molecule has 0 saturated heterocycles. The van der Waals surface area contributed by atoms with E-state index in [-0.39, 0.29) is 11.2 Å². The van der Waals surface area contributed by atoms with Gasteiger partial charge >= 0.3 is 5.69 Å². The fraction of sp³-hybridized carbons (Fsp3) is 0.455. The van der Waals surface area contributed by atoms with E-state index in [1.165, 1.54) is 4.57 Å². The van der Waals surface area contributed by atoms with Crippen LogP contribution in [-0.4, -0.2) is 14.1 Å². The van der Waals surface area contributed by atoms with Crippen LogP contribution in [0.25, 0.3) is 11.0 Å². The summed E-state index contributed by atoms with van der Waals surface area (Å²) in [7, 11) is 0. The lowest BCUT2D eigenvalue weighted by Crippen LogP contribution is -2.39. The van der Waals surface area contributed by atoms with Crippen LogP contribution in [0.1, 0.15) is 20.3 Å². The molecule has 0 spiro atoms. The molecule has 0 bridgehead atoms. The lowest BCUT2D eigenvalue weighted by molar-refractivity contribution is 0.574. The lowest BCUT2D eigenvalue weighted by atomic mass is 10.4. The molecule has 5 heteroatoms. The van der Waals surface area contributed by atoms with E-state index in [0.29, 0.717) is 24.1 Å². The average Bonchev–Trinajstić information content (AvgIpc) is 2.74. The Kier molecular flexibility index (Phi) is 2.68. The Hall–Kier alpha value is -1.78. The summed E-state index contributed by atoms with van der Waals surface area (Å²) in [6.45, 7) is 4.87. The van der Waals surface area contributed by atoms with Crippen molar-refractivity contribution in [1.29, 1.82) is 0 Å². The second kappa shape index (κ2) is 4.00. The highest BCUT2D eigenvalue weighted by molar-refractivity contribution is 5.74. The number of aromatic amines is 1. The molecule has 0 aliphatic carbocycles. The molecule has 2 heterocycles. The second-order valence-corrected chi connectivity index (χ2v) is 3.72. The van der Waals surface area contributed by atoms with Crippen molar-refractivity contribution in [3.63, 3.8) is 0 Å². The van der Waals surface area contributed by atoms with Gasteiger partial charge in [0.05, 0.1) is 5.52 Å². The van der Waals surface area contributed by atoms with Crippen LogP contribution in [0, 0.1) is 0 Å². The Morgan fingerprint density at radius 1 is 1.25 bits per heavy atom. The first kappa shape index (κ1) is 10.7. The van der Waals surface area contributed by atoms with Gasteiger partial charge in [-0.1, -0.05) is 6.92 Å². The summed E-state index contributed by atoms with van der Waals surface area (Å²) >= 11 is 0. The summed E-state index contributed by atoms with van der Waals surface area (Å²) in [5, 5.41) is 0. The minimum Gasteiger partial charge on any atom is -0.355 e. The molecule has 2 aromatic rings. The average molecular weight is 221 g/mol. The molecule has 0 aliphatic heterocycles. The van der Waals surface area contributed by atoms with Crippen molar-refractivity contribution >= 4 is 11.0 Å². The summed E-state index contributed by atoms with van der Waals surface area (Å²) in [6, 6.07) is 1.76. The van der Waals surface area contributed by atoms with Crippen molar-refractivity contribution in [3.05, 3.63) is 33.1 Å². The van der Waals surface area contributed by atoms with Gasteiger partial charge in [0.2, 0.25) is 0 Å². The number of hydrogen-bond acceptors (Lipinski definition) is 2. The summed E-state index contributed by atoms with van der Waals surface area (Å²) < 4.78 is 2.91. The number of rotatable bonds is 3. The largest absolute Gasteiger partial charge is 0.355 e. The van der Waals surface area contributed by atoms with Gasteiger partial charge in [-0.05, 0) is 19.4 Å². The maximum absolute atomic E-state index is 12.0. The van der Waals surface area contributed by atoms with Gasteiger partial charge in [0.15, 0.2) is 0 Å². The van der Waals surface area contributed by atoms with Gasteiger partial charge in [0, 0.05) is 19.3 Å². The molecule has 0 aromatic carbocycles. The van der Waals surface area contributed by atoms with Gasteiger partial charge in [-0.2, -0.15) is 0 Å². The number of nitrogens with one attached hydrogen (secondary N) is 1. The molecular weight excluding hydrogens is 206 g/mol. The molecule has 16 heavy (non-hydrogen) atoms. The SMILES string of the molecule is CCCn1c(=O)c2[nH]ccc2n(CC)c1=O. The third kappa shape index (κ3) is 1.39. The molecule has 0 amide bonds. The van der Waals surface area contributed by atoms with Crippen LogP contribution in [0.15, 0.2) is 21.9 Å². The van der Waals surface area contributed by atoms with Gasteiger partial charge in [-0.25, -0.2) is 4.79 Å². The highest BCUT2D eigenvalue weighted by Crippen LogP contribution is 2.04. The minimum atomic E-state index is -0.225. The molecule has 2 rings (SSSR count). The predicted molar refractivity (Wildman–Crippen MR) is 62.8 cm³/mol. The molecule has 1 N–H and O–H groups in total. The van der Waals surface area contributed by atoms with Crippen LogP contribution in [-0.2, 0) is 13.1 Å². The molecule has 5 nitrogen and oxygen atoms in total. The van der Waals surface area contributed by atoms with Gasteiger partial charge in [-0.15, -0.1) is 0 Å². The molecular formula is C11H15N3O2. The first-order valence-electron chi connectivity index (χ1n) is 5.51. The fourth-order valence-corrected chi connectivity index (χ4v) is 1.95. The van der Waals surface area contributed by atoms with Crippen molar-refractivity contribution < 1.29 is 0 Å². The number of aromatic nitrogens is 3. The zero-order chi connectivity index (χ0) is 11.7. The highest BCUT2D eigenvalue weighted by Gasteiger charge is 2.11. The van der Waals surface area contributed by atoms with E-state index < -0.39 is 0 Å². The van der Waals surface area contributed by atoms with E-state index in [0.717, 1.165) is 6.42 Å². The second-order valence-electron chi connectivity index (χ2n) is 3.72. The van der Waals surface area contributed by atoms with Crippen molar-refractivity contribution in [3.8, 4) is 0 Å². The van der Waals surface area contributed by atoms with E-state index in [4.69, 9.17) is 0 Å². The highest BCUT2D eigenvalue weighted by atomic mass is 16.2. The van der Waals surface area contributed by atoms with Gasteiger partial charge in [-0.3, -0.25) is 13.9 Å². The zero-order valence-electron chi connectivity index (χ0n) is 9.49. The maximum Gasteiger partial charge on any atom is 0.331 e. The van der Waals surface area contributed by atoms with Crippen molar-refractivity contribution in [2.75, 3.05) is 0 Å². The van der Waals surface area contributed by atoms with Crippen LogP contribution in [0.2, 0.25) is 0 Å². The van der Waals surface area contributed by atoms with Crippen LogP contribution in [0.4, 0.5) is 0 Å². The van der Waals surface area contributed by atoms with Gasteiger partial charge in [0.1, 0.15) is 5.52 Å². The van der Waals surface area contributed by atoms with E-state index in [9.17, 15) is 9.59 Å². The Bertz CT molecular complexity index is 618. The quantitative estimate of drug-likeness (QED) is 0.837. The normalized spacial score (nSPS) is 11.1. The van der Waals surface area contributed by atoms with Gasteiger partial charge < -0.3 is 4.98 Å². The predicted octanol–water partition coefficient (Wildman–Crippen LogP) is 0.921. The molecule has 0 fully saturated rings. The topological polar surface area (TPSA) is 59.8 Å². The minimum absolute atomic E-state index is 0.221. The first-order valence-corrected chi connectivity index (χ1v) is 5.51. The van der Waals surface area contributed by atoms with Crippen LogP contribution >= 0.6 is 0 Å². The standard InChI is InChI=1S/C11H15N3O2/c1-3-7-14-10(15)9-8(5-6-12-9)13(4-2)11(14)16/h5-6,12H,3-4,7H2,1-2H3. The fourth-order valence-electron chi connectivity index (χ4n) is 1.95. The number of nitrogens with zero attached hydrogens (tertiary/aromatic N) is 2. The van der Waals surface area contributed by atoms with Crippen molar-refractivity contribution in [2.45, 2.75) is 33.4 Å². The summed E-state index contributed by atoms with van der Waals surface area (Å²) in [4.78, 5) is 26.9. The van der Waals surface area contributed by atoms with E-state index in [1.807, 2.05) is 13.8 Å². The molecule has 86 valence electrons. The third-order valence-electron chi connectivity index (χ3n) is 2.70. The first-order chi connectivity index (χ1) is 7.70. The number of aryl methyl sites for hydroxylation is 1. The molecule has 0 radical (unpaired) electrons. The number of hydrogen-bond donors (Lipinski definition) is 1. The lowest BCUT2D eigenvalue weighted by Gasteiger charge is -2.09. The van der Waals surface area contributed by atoms with Crippen LogP contribution in [0.5, 0.6) is 0 Å². The monoisotopic (exact) mass is 221 g/mol. The molecule has 0 aliphatic rings. The molecule has 0 unspecified atom stereocenters. The summed E-state index contributed by atoms with van der Waals surface area (Å²) in [5.74, 6) is 0. The van der Waals surface area contributed by atoms with E-state index in [2.05, 4.69) is 4.98 Å². The summed E-state index contributed by atoms with van der Waals surface area (Å²) in [6.07, 6.45) is 2.46. The Morgan fingerprint density at radius 2 is 2.00 bits per heavy atom. The zero-order valence-corrected chi connectivity index (χ0v) is 9.49. The van der Waals surface area contributed by atoms with E-state index >= 15 is 0 Å². The Balaban J connectivity index is 2.91. The Labute approximate surface area is 92.3 Å². The molecule has 2 aromatic heterocycles. The van der Waals surface area contributed by atoms with Crippen molar-refractivity contribution in [1.82, 2.24) is 14.1 Å². The number of H-pyrrole nitrogens is 1. The van der Waals surface area contributed by atoms with Gasteiger partial charge in [0.25, 0.3) is 5.56 Å². The van der Waals surface area contributed by atoms with E-state index in [1.54, 1.807) is 16.8 Å². The molecule has 0 saturated carbocycles. The maximum atomic E-state index is 12.0. The summed E-state index contributed by atoms with van der Waals surface area (Å²) in [5.41, 5.74) is 0.748. The van der Waals surface area contributed by atoms with Crippen molar-refractivity contribution in [2.24, 2.45) is 0 Å². The smallest absolute Gasteiger partial charge is 0.331 e. The number of fused-ring (bicyclic) bond motifs is 1. The Morgan fingerprint density at radius 3 is 2.62 bits per heavy atom.